The van der Waals surface area contributed by atoms with Crippen LogP contribution in [0.5, 0.6) is 0 Å². The second-order valence-electron chi connectivity index (χ2n) is 6.25. The highest BCUT2D eigenvalue weighted by Crippen LogP contribution is 2.36. The van der Waals surface area contributed by atoms with E-state index in [2.05, 4.69) is 24.3 Å². The number of rotatable bonds is 3. The van der Waals surface area contributed by atoms with E-state index in [9.17, 15) is 4.79 Å². The van der Waals surface area contributed by atoms with E-state index < -0.39 is 0 Å². The van der Waals surface area contributed by atoms with E-state index in [1.54, 1.807) is 11.3 Å². The van der Waals surface area contributed by atoms with Gasteiger partial charge in [0.1, 0.15) is 0 Å². The molecule has 0 bridgehead atoms. The molecule has 1 aliphatic heterocycles. The number of carbonyl (C=O) groups is 1. The Balaban J connectivity index is 1.72. The molecule has 4 rings (SSSR count). The van der Waals surface area contributed by atoms with Crippen LogP contribution in [-0.2, 0) is 17.6 Å². The first-order valence-electron chi connectivity index (χ1n) is 8.37. The molecule has 0 aliphatic carbocycles. The van der Waals surface area contributed by atoms with Crippen molar-refractivity contribution < 1.29 is 4.79 Å². The Hall–Kier alpha value is -2.10. The Morgan fingerprint density at radius 2 is 1.88 bits per heavy atom. The van der Waals surface area contributed by atoms with Crippen molar-refractivity contribution in [2.24, 2.45) is 0 Å². The van der Waals surface area contributed by atoms with E-state index in [1.807, 2.05) is 46.7 Å². The van der Waals surface area contributed by atoms with Crippen LogP contribution in [-0.4, -0.2) is 17.4 Å². The molecule has 1 amide bonds. The highest BCUT2D eigenvalue weighted by molar-refractivity contribution is 7.10. The number of thiophene rings is 1. The highest BCUT2D eigenvalue weighted by atomic mass is 35.5. The minimum absolute atomic E-state index is 0.0466. The average Bonchev–Trinajstić information content (AvgIpc) is 3.14. The third-order valence-electron chi connectivity index (χ3n) is 4.70. The van der Waals surface area contributed by atoms with E-state index >= 15 is 0 Å². The summed E-state index contributed by atoms with van der Waals surface area (Å²) in [6.07, 6.45) is 1.36. The van der Waals surface area contributed by atoms with Gasteiger partial charge in [-0.1, -0.05) is 54.1 Å². The van der Waals surface area contributed by atoms with Crippen molar-refractivity contribution >= 4 is 28.8 Å². The van der Waals surface area contributed by atoms with Gasteiger partial charge in [0.25, 0.3) is 0 Å². The number of hydrogen-bond donors (Lipinski definition) is 0. The number of nitrogens with zero attached hydrogens (tertiary/aromatic N) is 1. The van der Waals surface area contributed by atoms with Gasteiger partial charge >= 0.3 is 0 Å². The molecule has 126 valence electrons. The zero-order chi connectivity index (χ0) is 17.2. The smallest absolute Gasteiger partial charge is 0.228 e. The van der Waals surface area contributed by atoms with Gasteiger partial charge in [-0.2, -0.15) is 0 Å². The molecule has 1 atom stereocenters. The summed E-state index contributed by atoms with van der Waals surface area (Å²) in [5.74, 6) is 0.178. The number of fused-ring (bicyclic) bond motifs is 1. The quantitative estimate of drug-likeness (QED) is 0.629. The molecule has 4 heteroatoms. The minimum Gasteiger partial charge on any atom is -0.331 e. The molecule has 2 heterocycles. The number of amides is 1. The monoisotopic (exact) mass is 367 g/mol. The van der Waals surface area contributed by atoms with E-state index in [-0.39, 0.29) is 11.9 Å². The lowest BCUT2D eigenvalue weighted by atomic mass is 9.88. The van der Waals surface area contributed by atoms with Crippen LogP contribution in [0.25, 0.3) is 0 Å². The van der Waals surface area contributed by atoms with Crippen LogP contribution in [0.4, 0.5) is 0 Å². The summed E-state index contributed by atoms with van der Waals surface area (Å²) in [4.78, 5) is 16.2. The van der Waals surface area contributed by atoms with Crippen LogP contribution >= 0.6 is 22.9 Å². The SMILES string of the molecule is O=C(Cc1cccs1)N1CCc2ccccc2[C@H]1c1ccc(Cl)cc1. The van der Waals surface area contributed by atoms with Crippen molar-refractivity contribution in [2.75, 3.05) is 6.54 Å². The van der Waals surface area contributed by atoms with E-state index in [0.717, 1.165) is 23.4 Å². The fraction of sp³-hybridized carbons (Fsp3) is 0.190. The summed E-state index contributed by atoms with van der Waals surface area (Å²) < 4.78 is 0. The fourth-order valence-electron chi connectivity index (χ4n) is 3.50. The van der Waals surface area contributed by atoms with Crippen LogP contribution < -0.4 is 0 Å². The van der Waals surface area contributed by atoms with E-state index in [4.69, 9.17) is 11.6 Å². The molecule has 0 unspecified atom stereocenters. The van der Waals surface area contributed by atoms with Crippen molar-refractivity contribution in [3.05, 3.63) is 92.6 Å². The lowest BCUT2D eigenvalue weighted by Crippen LogP contribution is -2.41. The molecule has 0 N–H and O–H groups in total. The summed E-state index contributed by atoms with van der Waals surface area (Å²) in [6, 6.07) is 20.3. The Morgan fingerprint density at radius 1 is 1.08 bits per heavy atom. The molecule has 2 nitrogen and oxygen atoms in total. The topological polar surface area (TPSA) is 20.3 Å². The summed E-state index contributed by atoms with van der Waals surface area (Å²) in [7, 11) is 0. The van der Waals surface area contributed by atoms with Gasteiger partial charge in [-0.25, -0.2) is 0 Å². The second-order valence-corrected chi connectivity index (χ2v) is 7.71. The summed E-state index contributed by atoms with van der Waals surface area (Å²) in [5, 5.41) is 2.73. The van der Waals surface area contributed by atoms with Crippen molar-refractivity contribution in [2.45, 2.75) is 18.9 Å². The zero-order valence-electron chi connectivity index (χ0n) is 13.7. The van der Waals surface area contributed by atoms with Gasteiger partial charge in [0.05, 0.1) is 12.5 Å². The van der Waals surface area contributed by atoms with Gasteiger partial charge in [0.2, 0.25) is 5.91 Å². The summed E-state index contributed by atoms with van der Waals surface area (Å²) in [6.45, 7) is 0.745. The standard InChI is InChI=1S/C21H18ClNOS/c22-17-9-7-16(8-10-17)21-19-6-2-1-4-15(19)11-12-23(21)20(24)14-18-5-3-13-25-18/h1-10,13,21H,11-12,14H2/t21-/m1/s1. The van der Waals surface area contributed by atoms with E-state index in [1.165, 1.54) is 11.1 Å². The van der Waals surface area contributed by atoms with Gasteiger partial charge in [-0.3, -0.25) is 4.79 Å². The predicted molar refractivity (Wildman–Crippen MR) is 103 cm³/mol. The van der Waals surface area contributed by atoms with Crippen LogP contribution in [0.15, 0.2) is 66.0 Å². The minimum atomic E-state index is -0.0466. The van der Waals surface area contributed by atoms with Crippen molar-refractivity contribution in [3.63, 3.8) is 0 Å². The molecule has 1 aromatic heterocycles. The third-order valence-corrected chi connectivity index (χ3v) is 5.82. The lowest BCUT2D eigenvalue weighted by molar-refractivity contribution is -0.132. The first-order valence-corrected chi connectivity index (χ1v) is 9.63. The Bertz CT molecular complexity index is 873. The van der Waals surface area contributed by atoms with Gasteiger partial charge in [-0.05, 0) is 46.7 Å². The van der Waals surface area contributed by atoms with Crippen LogP contribution in [0.2, 0.25) is 5.02 Å². The summed E-state index contributed by atoms with van der Waals surface area (Å²) in [5.41, 5.74) is 3.65. The largest absolute Gasteiger partial charge is 0.331 e. The molecule has 0 saturated heterocycles. The zero-order valence-corrected chi connectivity index (χ0v) is 15.3. The first-order chi connectivity index (χ1) is 12.2. The van der Waals surface area contributed by atoms with Crippen molar-refractivity contribution in [1.29, 1.82) is 0 Å². The molecular formula is C21H18ClNOS. The molecule has 0 spiro atoms. The molecule has 2 aromatic carbocycles. The maximum Gasteiger partial charge on any atom is 0.228 e. The molecule has 3 aromatic rings. The Kier molecular flexibility index (Phi) is 4.60. The third kappa shape index (κ3) is 3.35. The van der Waals surface area contributed by atoms with Crippen molar-refractivity contribution in [1.82, 2.24) is 4.90 Å². The van der Waals surface area contributed by atoms with Gasteiger partial charge in [0.15, 0.2) is 0 Å². The van der Waals surface area contributed by atoms with Gasteiger partial charge < -0.3 is 4.90 Å². The van der Waals surface area contributed by atoms with Crippen LogP contribution in [0.3, 0.4) is 0 Å². The number of benzene rings is 2. The molecule has 0 saturated carbocycles. The molecular weight excluding hydrogens is 350 g/mol. The van der Waals surface area contributed by atoms with Crippen LogP contribution in [0.1, 0.15) is 27.6 Å². The fourth-order valence-corrected chi connectivity index (χ4v) is 4.33. The molecule has 0 fully saturated rings. The Morgan fingerprint density at radius 3 is 2.64 bits per heavy atom. The van der Waals surface area contributed by atoms with E-state index in [0.29, 0.717) is 11.4 Å². The second kappa shape index (κ2) is 7.03. The first kappa shape index (κ1) is 16.4. The number of hydrogen-bond acceptors (Lipinski definition) is 2. The van der Waals surface area contributed by atoms with Crippen LogP contribution in [0, 0.1) is 0 Å². The maximum absolute atomic E-state index is 13.0. The average molecular weight is 368 g/mol. The number of carbonyl (C=O) groups excluding carboxylic acids is 1. The molecule has 0 radical (unpaired) electrons. The molecule has 25 heavy (non-hydrogen) atoms. The predicted octanol–water partition coefficient (Wildman–Crippen LogP) is 5.12. The van der Waals surface area contributed by atoms with Gasteiger partial charge in [0, 0.05) is 16.4 Å². The normalized spacial score (nSPS) is 16.5. The highest BCUT2D eigenvalue weighted by Gasteiger charge is 2.31. The van der Waals surface area contributed by atoms with Gasteiger partial charge in [-0.15, -0.1) is 11.3 Å². The van der Waals surface area contributed by atoms with Crippen molar-refractivity contribution in [3.8, 4) is 0 Å². The number of halogens is 1. The lowest BCUT2D eigenvalue weighted by Gasteiger charge is -2.38. The summed E-state index contributed by atoms with van der Waals surface area (Å²) >= 11 is 7.70. The maximum atomic E-state index is 13.0. The molecule has 1 aliphatic rings. The Labute approximate surface area is 156 Å².